The van der Waals surface area contributed by atoms with Gasteiger partial charge in [-0.3, -0.25) is 0 Å². The van der Waals surface area contributed by atoms with E-state index in [9.17, 15) is 0 Å². The normalized spacial score (nSPS) is 19.6. The van der Waals surface area contributed by atoms with Crippen molar-refractivity contribution >= 4 is 39.1 Å². The Labute approximate surface area is 204 Å². The van der Waals surface area contributed by atoms with Gasteiger partial charge in [-0.05, 0) is 68.1 Å². The third kappa shape index (κ3) is 5.71. The first-order valence-electron chi connectivity index (χ1n) is 12.4. The summed E-state index contributed by atoms with van der Waals surface area (Å²) in [6.07, 6.45) is 2.17. The first kappa shape index (κ1) is 22.7. The fourth-order valence-corrected chi connectivity index (χ4v) is 4.78. The van der Waals surface area contributed by atoms with Crippen molar-refractivity contribution in [2.45, 2.75) is 52.6 Å². The fraction of sp³-hybridized carbons (Fsp3) is 0.519. The first-order chi connectivity index (χ1) is 16.2. The summed E-state index contributed by atoms with van der Waals surface area (Å²) >= 11 is 6.27. The maximum Gasteiger partial charge on any atom is 0.123 e. The number of piperazine rings is 1. The molecule has 1 aromatic heterocycles. The number of fused-ring (bicyclic) bond motifs is 2. The fourth-order valence-electron chi connectivity index (χ4n) is 4.62. The molecule has 0 radical (unpaired) electrons. The van der Waals surface area contributed by atoms with Crippen LogP contribution in [0.1, 0.15) is 40.5 Å². The van der Waals surface area contributed by atoms with Crippen LogP contribution < -0.4 is 15.4 Å². The van der Waals surface area contributed by atoms with Gasteiger partial charge in [-0.25, -0.2) is 4.98 Å². The second-order valence-electron chi connectivity index (χ2n) is 10.3. The van der Waals surface area contributed by atoms with Gasteiger partial charge in [0.25, 0.3) is 0 Å². The summed E-state index contributed by atoms with van der Waals surface area (Å²) in [7, 11) is 1.69. The Bertz CT molecular complexity index is 1150. The van der Waals surface area contributed by atoms with Crippen molar-refractivity contribution in [1.82, 2.24) is 15.2 Å². The van der Waals surface area contributed by atoms with Gasteiger partial charge >= 0.3 is 0 Å². The summed E-state index contributed by atoms with van der Waals surface area (Å²) in [6.45, 7) is 12.8. The van der Waals surface area contributed by atoms with E-state index in [1.165, 1.54) is 0 Å². The quantitative estimate of drug-likeness (QED) is 0.418. The summed E-state index contributed by atoms with van der Waals surface area (Å²) in [4.78, 5) is 7.36. The zero-order valence-electron chi connectivity index (χ0n) is 21.5. The maximum absolute atomic E-state index is 8.29. The highest BCUT2D eigenvalue weighted by molar-refractivity contribution is 6.31. The number of hydrogen-bond acceptors (Lipinski definition) is 5. The van der Waals surface area contributed by atoms with E-state index < -0.39 is 0 Å². The molecular formula is C27H37ClN4O. The van der Waals surface area contributed by atoms with Gasteiger partial charge < -0.3 is 20.3 Å². The number of anilines is 1. The number of halogens is 1. The van der Waals surface area contributed by atoms with Crippen LogP contribution in [0.5, 0.6) is 5.75 Å². The Morgan fingerprint density at radius 2 is 2.06 bits per heavy atom. The molecule has 6 heteroatoms. The third-order valence-corrected chi connectivity index (χ3v) is 6.88. The SMILES string of the molecule is [2H]N1CCN(CCCC(C)Nc2c3ccc(Cl)cc3nc3ccc(OC)cc23)CC1C(C)(C)C. The minimum absolute atomic E-state index is 0.114. The molecular weight excluding hydrogens is 432 g/mol. The van der Waals surface area contributed by atoms with Gasteiger partial charge in [-0.1, -0.05) is 32.4 Å². The van der Waals surface area contributed by atoms with E-state index >= 15 is 0 Å². The van der Waals surface area contributed by atoms with Crippen LogP contribution in [0.4, 0.5) is 5.69 Å². The molecule has 178 valence electrons. The number of rotatable bonds is 7. The summed E-state index contributed by atoms with van der Waals surface area (Å²) in [6, 6.07) is 12.5. The molecule has 2 N–H and O–H groups in total. The van der Waals surface area contributed by atoms with E-state index in [4.69, 9.17) is 22.7 Å². The number of nitrogens with one attached hydrogen (secondary N) is 2. The third-order valence-electron chi connectivity index (χ3n) is 6.64. The minimum Gasteiger partial charge on any atom is -0.497 e. The summed E-state index contributed by atoms with van der Waals surface area (Å²) in [5.74, 6) is 0.820. The lowest BCUT2D eigenvalue weighted by Crippen LogP contribution is -2.55. The molecule has 0 saturated carbocycles. The van der Waals surface area contributed by atoms with Crippen molar-refractivity contribution in [3.05, 3.63) is 41.4 Å². The zero-order chi connectivity index (χ0) is 24.5. The molecule has 2 heterocycles. The van der Waals surface area contributed by atoms with Crippen LogP contribution in [0, 0.1) is 5.41 Å². The molecule has 2 aromatic carbocycles. The summed E-state index contributed by atoms with van der Waals surface area (Å²) in [5, 5.41) is 8.37. The van der Waals surface area contributed by atoms with E-state index in [0.29, 0.717) is 11.1 Å². The van der Waals surface area contributed by atoms with Gasteiger partial charge in [0.2, 0.25) is 0 Å². The lowest BCUT2D eigenvalue weighted by atomic mass is 9.85. The van der Waals surface area contributed by atoms with Crippen molar-refractivity contribution in [3.8, 4) is 5.75 Å². The van der Waals surface area contributed by atoms with E-state index in [-0.39, 0.29) is 11.5 Å². The maximum atomic E-state index is 8.29. The Hall–Kier alpha value is -2.08. The molecule has 0 aliphatic carbocycles. The number of hydrogen-bond donors (Lipinski definition) is 2. The largest absolute Gasteiger partial charge is 0.497 e. The Kier molecular flexibility index (Phi) is 6.91. The number of methoxy groups -OCH3 is 1. The van der Waals surface area contributed by atoms with Gasteiger partial charge in [0.05, 0.1) is 23.8 Å². The molecule has 0 amide bonds. The van der Waals surface area contributed by atoms with Crippen LogP contribution in [0.25, 0.3) is 21.8 Å². The number of ether oxygens (including phenoxy) is 1. The lowest BCUT2D eigenvalue weighted by molar-refractivity contribution is 0.132. The molecule has 3 aromatic rings. The van der Waals surface area contributed by atoms with Crippen molar-refractivity contribution in [1.29, 1.82) is 0 Å². The molecule has 1 saturated heterocycles. The van der Waals surface area contributed by atoms with E-state index in [0.717, 1.165) is 72.3 Å². The first-order valence-corrected chi connectivity index (χ1v) is 12.3. The van der Waals surface area contributed by atoms with Crippen molar-refractivity contribution < 1.29 is 6.15 Å². The van der Waals surface area contributed by atoms with Gasteiger partial charge in [0.1, 0.15) is 7.16 Å². The molecule has 33 heavy (non-hydrogen) atoms. The van der Waals surface area contributed by atoms with Gasteiger partial charge in [0.15, 0.2) is 0 Å². The highest BCUT2D eigenvalue weighted by Crippen LogP contribution is 2.35. The zero-order valence-corrected chi connectivity index (χ0v) is 21.2. The number of nitrogens with zero attached hydrogens (tertiary/aromatic N) is 2. The van der Waals surface area contributed by atoms with E-state index in [1.807, 2.05) is 30.3 Å². The highest BCUT2D eigenvalue weighted by Gasteiger charge is 2.28. The predicted octanol–water partition coefficient (Wildman–Crippen LogP) is 5.95. The standard InChI is InChI=1S/C27H37ClN4O/c1-18(7-6-13-32-14-12-29-25(17-32)27(2,3)4)30-26-21-10-8-19(28)15-24(21)31-23-11-9-20(33-5)16-22(23)26/h8-11,15-16,18,25,29H,6-7,12-14,17H2,1-5H3,(H,30,31)/i/hD. The molecule has 5 nitrogen and oxygen atoms in total. The number of pyridine rings is 1. The summed E-state index contributed by atoms with van der Waals surface area (Å²) in [5.41, 5.74) is 3.01. The van der Waals surface area contributed by atoms with Gasteiger partial charge in [-0.15, -0.1) is 0 Å². The molecule has 1 aliphatic heterocycles. The number of aromatic nitrogens is 1. The van der Waals surface area contributed by atoms with E-state index in [2.05, 4.69) is 44.0 Å². The monoisotopic (exact) mass is 469 g/mol. The van der Waals surface area contributed by atoms with Crippen LogP contribution in [0.15, 0.2) is 36.4 Å². The average molecular weight is 470 g/mol. The lowest BCUT2D eigenvalue weighted by Gasteiger charge is -2.40. The molecule has 1 aliphatic rings. The Morgan fingerprint density at radius 3 is 2.82 bits per heavy atom. The van der Waals surface area contributed by atoms with Gasteiger partial charge in [-0.2, -0.15) is 0 Å². The molecule has 0 bridgehead atoms. The van der Waals surface area contributed by atoms with Gasteiger partial charge in [0, 0.05) is 47.5 Å². The van der Waals surface area contributed by atoms with Crippen LogP contribution in [-0.4, -0.2) is 55.3 Å². The molecule has 4 rings (SSSR count). The Morgan fingerprint density at radius 1 is 1.24 bits per heavy atom. The highest BCUT2D eigenvalue weighted by atomic mass is 35.5. The van der Waals surface area contributed by atoms with Crippen molar-refractivity contribution in [3.63, 3.8) is 0 Å². The van der Waals surface area contributed by atoms with E-state index in [1.54, 1.807) is 12.4 Å². The molecule has 0 spiro atoms. The van der Waals surface area contributed by atoms with Crippen LogP contribution >= 0.6 is 11.6 Å². The van der Waals surface area contributed by atoms with Crippen LogP contribution in [0.2, 0.25) is 6.43 Å². The number of benzene rings is 2. The minimum atomic E-state index is 0.114. The molecule has 2 unspecified atom stereocenters. The van der Waals surface area contributed by atoms with Crippen LogP contribution in [0.3, 0.4) is 0 Å². The predicted molar refractivity (Wildman–Crippen MR) is 141 cm³/mol. The summed E-state index contributed by atoms with van der Waals surface area (Å²) < 4.78 is 13.8. The second-order valence-corrected chi connectivity index (χ2v) is 10.7. The van der Waals surface area contributed by atoms with Crippen molar-refractivity contribution in [2.24, 2.45) is 5.41 Å². The molecule has 1 fully saturated rings. The second kappa shape index (κ2) is 10.0. The topological polar surface area (TPSA) is 49.4 Å². The smallest absolute Gasteiger partial charge is 0.123 e. The van der Waals surface area contributed by atoms with Crippen molar-refractivity contribution in [2.75, 3.05) is 38.6 Å². The Balaban J connectivity index is 1.47. The van der Waals surface area contributed by atoms with Crippen LogP contribution in [-0.2, 0) is 0 Å². The molecule has 2 atom stereocenters. The average Bonchev–Trinajstić information content (AvgIpc) is 2.78.